The SMILES string of the molecule is CC(C)[C@H](NC(=O)N(C)CCNC(=O)OC(C)(C)C)C(=O)N1CSC[C@H]1C(=O)N[C@@H](Cc1ccccc1)C(=O)C(=O)O. The van der Waals surface area contributed by atoms with E-state index in [4.69, 9.17) is 4.74 Å². The highest BCUT2D eigenvalue weighted by Gasteiger charge is 2.40. The standard InChI is InChI=1S/C28H41N5O8S/c1-17(2)21(31-26(39)32(6)13-12-29-27(40)41-28(3,4)5)24(36)33-16-42-15-20(33)23(35)30-19(22(34)25(37)38)14-18-10-8-7-9-11-18/h7-11,17,19-21H,12-16H2,1-6H3,(H,29,40)(H,30,35)(H,31,39)(H,37,38)/t19-,20-,21-/m0/s1. The number of carbonyl (C=O) groups excluding carboxylic acids is 5. The number of nitrogens with zero attached hydrogens (tertiary/aromatic N) is 2. The van der Waals surface area contributed by atoms with Crippen molar-refractivity contribution in [2.24, 2.45) is 5.92 Å². The molecule has 1 fully saturated rings. The van der Waals surface area contributed by atoms with E-state index in [9.17, 15) is 33.9 Å². The van der Waals surface area contributed by atoms with Gasteiger partial charge in [0.25, 0.3) is 5.78 Å². The van der Waals surface area contributed by atoms with Crippen LogP contribution in [0.15, 0.2) is 30.3 Å². The topological polar surface area (TPSA) is 174 Å². The summed E-state index contributed by atoms with van der Waals surface area (Å²) in [6.45, 7) is 9.00. The van der Waals surface area contributed by atoms with Crippen LogP contribution in [0.25, 0.3) is 0 Å². The summed E-state index contributed by atoms with van der Waals surface area (Å²) in [5.74, 6) is -3.86. The Bertz CT molecular complexity index is 1140. The van der Waals surface area contributed by atoms with Crippen LogP contribution in [0.4, 0.5) is 9.59 Å². The number of amides is 5. The monoisotopic (exact) mass is 607 g/mol. The quantitative estimate of drug-likeness (QED) is 0.257. The fourth-order valence-corrected chi connectivity index (χ4v) is 5.19. The molecule has 14 heteroatoms. The molecule has 0 aromatic heterocycles. The Morgan fingerprint density at radius 1 is 1.10 bits per heavy atom. The number of aliphatic carboxylic acids is 1. The predicted octanol–water partition coefficient (Wildman–Crippen LogP) is 1.46. The van der Waals surface area contributed by atoms with Crippen molar-refractivity contribution in [1.29, 1.82) is 0 Å². The number of hydrogen-bond donors (Lipinski definition) is 4. The number of thioether (sulfide) groups is 1. The summed E-state index contributed by atoms with van der Waals surface area (Å²) in [5, 5.41) is 17.1. The van der Waals surface area contributed by atoms with Gasteiger partial charge in [0.05, 0.1) is 5.88 Å². The second-order valence-electron chi connectivity index (χ2n) is 11.3. The fraction of sp³-hybridized carbons (Fsp3) is 0.571. The summed E-state index contributed by atoms with van der Waals surface area (Å²) in [4.78, 5) is 78.0. The number of benzene rings is 1. The van der Waals surface area contributed by atoms with Crippen LogP contribution < -0.4 is 16.0 Å². The van der Waals surface area contributed by atoms with Crippen molar-refractivity contribution >= 4 is 47.5 Å². The molecular formula is C28H41N5O8S. The van der Waals surface area contributed by atoms with Crippen LogP contribution >= 0.6 is 11.8 Å². The molecule has 0 spiro atoms. The van der Waals surface area contributed by atoms with Crippen molar-refractivity contribution in [2.45, 2.75) is 64.8 Å². The van der Waals surface area contributed by atoms with Gasteiger partial charge in [-0.15, -0.1) is 11.8 Å². The zero-order chi connectivity index (χ0) is 31.6. The van der Waals surface area contributed by atoms with Gasteiger partial charge in [-0.3, -0.25) is 14.4 Å². The molecule has 0 radical (unpaired) electrons. The highest BCUT2D eigenvalue weighted by molar-refractivity contribution is 7.99. The minimum absolute atomic E-state index is 0.0225. The Hall–Kier alpha value is -3.81. The van der Waals surface area contributed by atoms with E-state index < -0.39 is 59.4 Å². The summed E-state index contributed by atoms with van der Waals surface area (Å²) < 4.78 is 5.17. The Balaban J connectivity index is 2.05. The summed E-state index contributed by atoms with van der Waals surface area (Å²) in [6.07, 6.45) is -0.635. The molecule has 1 saturated heterocycles. The first-order valence-corrected chi connectivity index (χ1v) is 14.7. The van der Waals surface area contributed by atoms with Gasteiger partial charge >= 0.3 is 18.1 Å². The van der Waals surface area contributed by atoms with E-state index in [0.717, 1.165) is 0 Å². The van der Waals surface area contributed by atoms with Gasteiger partial charge in [0.15, 0.2) is 0 Å². The van der Waals surface area contributed by atoms with Gasteiger partial charge < -0.3 is 35.6 Å². The first-order valence-electron chi connectivity index (χ1n) is 13.6. The number of urea groups is 1. The van der Waals surface area contributed by atoms with Crippen LogP contribution in [-0.4, -0.2) is 106 Å². The van der Waals surface area contributed by atoms with Crippen molar-refractivity contribution in [3.63, 3.8) is 0 Å². The molecule has 1 aliphatic rings. The Labute approximate surface area is 250 Å². The van der Waals surface area contributed by atoms with Crippen LogP contribution in [0.5, 0.6) is 0 Å². The molecule has 0 saturated carbocycles. The molecule has 4 N–H and O–H groups in total. The lowest BCUT2D eigenvalue weighted by molar-refractivity contribution is -0.150. The molecular weight excluding hydrogens is 566 g/mol. The number of Topliss-reactive ketones (excluding diaryl/α,β-unsaturated/α-hetero) is 1. The molecule has 0 unspecified atom stereocenters. The maximum atomic E-state index is 13.6. The van der Waals surface area contributed by atoms with Crippen LogP contribution in [0, 0.1) is 5.92 Å². The molecule has 42 heavy (non-hydrogen) atoms. The second kappa shape index (κ2) is 15.4. The van der Waals surface area contributed by atoms with Crippen LogP contribution in [0.3, 0.4) is 0 Å². The normalized spacial score (nSPS) is 16.3. The number of rotatable bonds is 12. The largest absolute Gasteiger partial charge is 0.475 e. The van der Waals surface area contributed by atoms with Crippen molar-refractivity contribution in [3.8, 4) is 0 Å². The number of ether oxygens (including phenoxy) is 1. The summed E-state index contributed by atoms with van der Waals surface area (Å²) >= 11 is 1.33. The Morgan fingerprint density at radius 2 is 1.74 bits per heavy atom. The number of carbonyl (C=O) groups is 6. The van der Waals surface area contributed by atoms with Crippen LogP contribution in [-0.2, 0) is 30.3 Å². The average Bonchev–Trinajstić information content (AvgIpc) is 3.40. The van der Waals surface area contributed by atoms with E-state index in [1.165, 1.54) is 28.6 Å². The van der Waals surface area contributed by atoms with Gasteiger partial charge in [0, 0.05) is 32.3 Å². The highest BCUT2D eigenvalue weighted by Crippen LogP contribution is 2.24. The summed E-state index contributed by atoms with van der Waals surface area (Å²) in [6, 6.07) is 4.90. The lowest BCUT2D eigenvalue weighted by Gasteiger charge is -2.31. The van der Waals surface area contributed by atoms with Crippen molar-refractivity contribution < 1.29 is 38.6 Å². The number of likely N-dealkylation sites (N-methyl/N-ethyl adjacent to an activating group) is 1. The molecule has 1 aliphatic heterocycles. The maximum absolute atomic E-state index is 13.6. The number of carboxylic acids is 1. The van der Waals surface area contributed by atoms with Gasteiger partial charge in [-0.05, 0) is 32.3 Å². The minimum Gasteiger partial charge on any atom is -0.475 e. The third-order valence-electron chi connectivity index (χ3n) is 6.27. The molecule has 0 bridgehead atoms. The minimum atomic E-state index is -1.67. The van der Waals surface area contributed by atoms with Crippen molar-refractivity contribution in [3.05, 3.63) is 35.9 Å². The number of ketones is 1. The maximum Gasteiger partial charge on any atom is 0.407 e. The molecule has 13 nitrogen and oxygen atoms in total. The van der Waals surface area contributed by atoms with Gasteiger partial charge in [-0.25, -0.2) is 14.4 Å². The Morgan fingerprint density at radius 3 is 2.31 bits per heavy atom. The molecule has 2 rings (SSSR count). The van der Waals surface area contributed by atoms with Gasteiger partial charge in [0.2, 0.25) is 11.8 Å². The van der Waals surface area contributed by atoms with Crippen molar-refractivity contribution in [1.82, 2.24) is 25.8 Å². The van der Waals surface area contributed by atoms with E-state index in [2.05, 4.69) is 16.0 Å². The van der Waals surface area contributed by atoms with E-state index in [1.54, 1.807) is 65.0 Å². The highest BCUT2D eigenvalue weighted by atomic mass is 32.2. The van der Waals surface area contributed by atoms with E-state index in [0.29, 0.717) is 5.56 Å². The molecule has 1 aromatic rings. The van der Waals surface area contributed by atoms with Gasteiger partial charge in [-0.1, -0.05) is 44.2 Å². The third-order valence-corrected chi connectivity index (χ3v) is 7.28. The molecule has 232 valence electrons. The van der Waals surface area contributed by atoms with Gasteiger partial charge in [-0.2, -0.15) is 0 Å². The first-order chi connectivity index (χ1) is 19.6. The lowest BCUT2D eigenvalue weighted by Crippen LogP contribution is -2.58. The van der Waals surface area contributed by atoms with Crippen molar-refractivity contribution in [2.75, 3.05) is 31.8 Å². The van der Waals surface area contributed by atoms with Crippen LogP contribution in [0.1, 0.15) is 40.2 Å². The number of nitrogens with one attached hydrogen (secondary N) is 3. The third kappa shape index (κ3) is 10.5. The zero-order valence-electron chi connectivity index (χ0n) is 24.8. The molecule has 1 heterocycles. The van der Waals surface area contributed by atoms with Crippen LogP contribution in [0.2, 0.25) is 0 Å². The van der Waals surface area contributed by atoms with E-state index >= 15 is 0 Å². The second-order valence-corrected chi connectivity index (χ2v) is 12.3. The molecule has 5 amide bonds. The predicted molar refractivity (Wildman–Crippen MR) is 157 cm³/mol. The molecule has 0 aliphatic carbocycles. The number of carboxylic acid groups (broad SMARTS) is 1. The van der Waals surface area contributed by atoms with E-state index in [1.807, 2.05) is 0 Å². The average molecular weight is 608 g/mol. The Kier molecular flexibility index (Phi) is 12.6. The molecule has 1 aromatic carbocycles. The smallest absolute Gasteiger partial charge is 0.407 e. The first kappa shape index (κ1) is 34.4. The zero-order valence-corrected chi connectivity index (χ0v) is 25.7. The molecule has 3 atom stereocenters. The van der Waals surface area contributed by atoms with E-state index in [-0.39, 0.29) is 37.1 Å². The van der Waals surface area contributed by atoms with Gasteiger partial charge in [0.1, 0.15) is 23.7 Å². The summed E-state index contributed by atoms with van der Waals surface area (Å²) in [5.41, 5.74) is 0.00854. The number of alkyl carbamates (subject to hydrolysis) is 1. The fourth-order valence-electron chi connectivity index (χ4n) is 4.03. The lowest BCUT2D eigenvalue weighted by atomic mass is 10.0. The summed E-state index contributed by atoms with van der Waals surface area (Å²) in [7, 11) is 1.52. The number of hydrogen-bond acceptors (Lipinski definition) is 8.